The highest BCUT2D eigenvalue weighted by atomic mass is 32.2. The van der Waals surface area contributed by atoms with E-state index in [1.54, 1.807) is 16.6 Å². The van der Waals surface area contributed by atoms with E-state index in [-0.39, 0.29) is 0 Å². The van der Waals surface area contributed by atoms with Crippen molar-refractivity contribution in [2.75, 3.05) is 34.2 Å². The van der Waals surface area contributed by atoms with Crippen LogP contribution in [-0.2, 0) is 23.6 Å². The maximum Gasteiger partial charge on any atom is 0.244 e. The molecule has 1 N–H and O–H groups in total. The van der Waals surface area contributed by atoms with Gasteiger partial charge < -0.3 is 14.8 Å². The highest BCUT2D eigenvalue weighted by Gasteiger charge is 2.31. The first-order valence-corrected chi connectivity index (χ1v) is 8.76. The van der Waals surface area contributed by atoms with Gasteiger partial charge in [0.25, 0.3) is 0 Å². The minimum Gasteiger partial charge on any atom is -0.352 e. The van der Waals surface area contributed by atoms with Crippen LogP contribution in [0.2, 0.25) is 0 Å². The van der Waals surface area contributed by atoms with E-state index in [1.807, 2.05) is 32.8 Å². The molecule has 21 heavy (non-hydrogen) atoms. The Morgan fingerprint density at radius 3 is 2.76 bits per heavy atom. The van der Waals surface area contributed by atoms with Crippen molar-refractivity contribution in [2.24, 2.45) is 7.05 Å². The third kappa shape index (κ3) is 3.48. The lowest BCUT2D eigenvalue weighted by Gasteiger charge is -2.35. The van der Waals surface area contributed by atoms with Gasteiger partial charge in [0.2, 0.25) is 10.0 Å². The molecular weight excluding hydrogens is 288 g/mol. The molecule has 1 aliphatic heterocycles. The summed E-state index contributed by atoms with van der Waals surface area (Å²) >= 11 is 0. The van der Waals surface area contributed by atoms with Crippen LogP contribution in [-0.4, -0.2) is 62.5 Å². The lowest BCUT2D eigenvalue weighted by atomic mass is 10.1. The van der Waals surface area contributed by atoms with E-state index in [2.05, 4.69) is 10.2 Å². The van der Waals surface area contributed by atoms with Gasteiger partial charge in [0.15, 0.2) is 0 Å². The summed E-state index contributed by atoms with van der Waals surface area (Å²) in [5.74, 6) is 0. The van der Waals surface area contributed by atoms with Gasteiger partial charge in [0.1, 0.15) is 4.90 Å². The summed E-state index contributed by atoms with van der Waals surface area (Å²) in [6.07, 6.45) is 3.68. The zero-order valence-electron chi connectivity index (χ0n) is 13.3. The number of hydrogen-bond acceptors (Lipinski definition) is 4. The van der Waals surface area contributed by atoms with E-state index >= 15 is 0 Å². The Morgan fingerprint density at radius 2 is 2.14 bits per heavy atom. The van der Waals surface area contributed by atoms with Crippen molar-refractivity contribution >= 4 is 10.0 Å². The molecule has 0 aliphatic carbocycles. The highest BCUT2D eigenvalue weighted by molar-refractivity contribution is 7.89. The molecule has 1 unspecified atom stereocenters. The third-order valence-corrected chi connectivity index (χ3v) is 6.00. The number of nitrogens with one attached hydrogen (secondary N) is 1. The van der Waals surface area contributed by atoms with Gasteiger partial charge in [-0.15, -0.1) is 0 Å². The SMILES string of the molecule is CNCc1cc(S(=O)(=O)N2CCCC(N(C)C)C2)cn1C. The van der Waals surface area contributed by atoms with Crippen molar-refractivity contribution in [1.29, 1.82) is 0 Å². The van der Waals surface area contributed by atoms with Crippen LogP contribution in [0, 0.1) is 0 Å². The fraction of sp³-hybridized carbons (Fsp3) is 0.714. The quantitative estimate of drug-likeness (QED) is 0.858. The molecule has 1 saturated heterocycles. The van der Waals surface area contributed by atoms with Crippen molar-refractivity contribution < 1.29 is 8.42 Å². The summed E-state index contributed by atoms with van der Waals surface area (Å²) in [5, 5.41) is 3.06. The minimum absolute atomic E-state index is 0.300. The smallest absolute Gasteiger partial charge is 0.244 e. The van der Waals surface area contributed by atoms with Crippen molar-refractivity contribution in [1.82, 2.24) is 19.1 Å². The molecule has 0 radical (unpaired) electrons. The van der Waals surface area contributed by atoms with Crippen LogP contribution < -0.4 is 5.32 Å². The Labute approximate surface area is 127 Å². The molecule has 0 aromatic carbocycles. The Morgan fingerprint density at radius 1 is 1.43 bits per heavy atom. The first-order valence-electron chi connectivity index (χ1n) is 7.32. The van der Waals surface area contributed by atoms with Gasteiger partial charge in [0, 0.05) is 44.6 Å². The van der Waals surface area contributed by atoms with Gasteiger partial charge in [-0.1, -0.05) is 0 Å². The Kier molecular flexibility index (Phi) is 5.08. The second-order valence-electron chi connectivity index (χ2n) is 5.93. The molecule has 1 aliphatic rings. The molecule has 0 spiro atoms. The second kappa shape index (κ2) is 6.48. The van der Waals surface area contributed by atoms with Gasteiger partial charge >= 0.3 is 0 Å². The molecule has 2 heterocycles. The summed E-state index contributed by atoms with van der Waals surface area (Å²) in [6.45, 7) is 1.85. The van der Waals surface area contributed by atoms with Gasteiger partial charge in [-0.3, -0.25) is 0 Å². The second-order valence-corrected chi connectivity index (χ2v) is 7.87. The fourth-order valence-corrected chi connectivity index (χ4v) is 4.40. The minimum atomic E-state index is -3.39. The summed E-state index contributed by atoms with van der Waals surface area (Å²) in [7, 11) is 4.36. The lowest BCUT2D eigenvalue weighted by Crippen LogP contribution is -2.47. The van der Waals surface area contributed by atoms with Crippen LogP contribution in [0.4, 0.5) is 0 Å². The number of aryl methyl sites for hydroxylation is 1. The number of rotatable bonds is 5. The first kappa shape index (κ1) is 16.5. The largest absolute Gasteiger partial charge is 0.352 e. The number of nitrogens with zero attached hydrogens (tertiary/aromatic N) is 3. The molecule has 2 rings (SSSR count). The Hall–Kier alpha value is -0.890. The van der Waals surface area contributed by atoms with E-state index < -0.39 is 10.0 Å². The molecule has 0 amide bonds. The van der Waals surface area contributed by atoms with Crippen LogP contribution in [0.25, 0.3) is 0 Å². The topological polar surface area (TPSA) is 57.6 Å². The van der Waals surface area contributed by atoms with Gasteiger partial charge in [-0.25, -0.2) is 8.42 Å². The molecule has 1 atom stereocenters. The van der Waals surface area contributed by atoms with E-state index in [9.17, 15) is 8.42 Å². The monoisotopic (exact) mass is 314 g/mol. The van der Waals surface area contributed by atoms with Gasteiger partial charge in [-0.2, -0.15) is 4.31 Å². The maximum atomic E-state index is 12.8. The molecule has 1 fully saturated rings. The third-order valence-electron chi connectivity index (χ3n) is 4.17. The van der Waals surface area contributed by atoms with Crippen molar-refractivity contribution in [2.45, 2.75) is 30.3 Å². The first-order chi connectivity index (χ1) is 9.86. The van der Waals surface area contributed by atoms with Crippen molar-refractivity contribution in [3.8, 4) is 0 Å². The molecule has 0 saturated carbocycles. The number of piperidine rings is 1. The standard InChI is InChI=1S/C14H26N4O2S/c1-15-9-13-8-14(11-17(13)4)21(19,20)18-7-5-6-12(10-18)16(2)3/h8,11-12,15H,5-7,9-10H2,1-4H3. The average molecular weight is 314 g/mol. The zero-order chi connectivity index (χ0) is 15.6. The van der Waals surface area contributed by atoms with Crippen LogP contribution >= 0.6 is 0 Å². The van der Waals surface area contributed by atoms with Crippen molar-refractivity contribution in [3.05, 3.63) is 18.0 Å². The van der Waals surface area contributed by atoms with Gasteiger partial charge in [-0.05, 0) is 40.1 Å². The molecular formula is C14H26N4O2S. The lowest BCUT2D eigenvalue weighted by molar-refractivity contribution is 0.190. The average Bonchev–Trinajstić information content (AvgIpc) is 2.81. The Balaban J connectivity index is 2.23. The van der Waals surface area contributed by atoms with Gasteiger partial charge in [0.05, 0.1) is 0 Å². The summed E-state index contributed by atoms with van der Waals surface area (Å²) in [4.78, 5) is 2.51. The number of likely N-dealkylation sites (N-methyl/N-ethyl adjacent to an activating group) is 1. The van der Waals surface area contributed by atoms with Crippen LogP contribution in [0.15, 0.2) is 17.2 Å². The number of hydrogen-bond donors (Lipinski definition) is 1. The van der Waals surface area contributed by atoms with Crippen LogP contribution in [0.1, 0.15) is 18.5 Å². The highest BCUT2D eigenvalue weighted by Crippen LogP contribution is 2.23. The van der Waals surface area contributed by atoms with E-state index in [4.69, 9.17) is 0 Å². The summed E-state index contributed by atoms with van der Waals surface area (Å²) < 4.78 is 29.1. The molecule has 0 bridgehead atoms. The van der Waals surface area contributed by atoms with E-state index in [1.165, 1.54) is 0 Å². The van der Waals surface area contributed by atoms with E-state index in [0.29, 0.717) is 30.6 Å². The van der Waals surface area contributed by atoms with Crippen LogP contribution in [0.5, 0.6) is 0 Å². The van der Waals surface area contributed by atoms with E-state index in [0.717, 1.165) is 18.5 Å². The predicted molar refractivity (Wildman–Crippen MR) is 83.6 cm³/mol. The molecule has 120 valence electrons. The summed E-state index contributed by atoms with van der Waals surface area (Å²) in [5.41, 5.74) is 0.970. The molecule has 6 nitrogen and oxygen atoms in total. The summed E-state index contributed by atoms with van der Waals surface area (Å²) in [6, 6.07) is 2.07. The molecule has 1 aromatic rings. The van der Waals surface area contributed by atoms with Crippen LogP contribution in [0.3, 0.4) is 0 Å². The number of aromatic nitrogens is 1. The molecule has 7 heteroatoms. The zero-order valence-corrected chi connectivity index (χ0v) is 14.2. The Bertz CT molecular complexity index is 580. The molecule has 1 aromatic heterocycles. The van der Waals surface area contributed by atoms with Crippen molar-refractivity contribution in [3.63, 3.8) is 0 Å². The predicted octanol–water partition coefficient (Wildman–Crippen LogP) is 0.459. The normalized spacial score (nSPS) is 21.1. The maximum absolute atomic E-state index is 12.8. The fourth-order valence-electron chi connectivity index (χ4n) is 2.78. The number of sulfonamides is 1.